The van der Waals surface area contributed by atoms with E-state index in [1.807, 2.05) is 18.0 Å². The van der Waals surface area contributed by atoms with Crippen molar-refractivity contribution >= 4 is 45.6 Å². The number of carbonyl (C=O) groups is 1. The van der Waals surface area contributed by atoms with E-state index in [-0.39, 0.29) is 17.9 Å². The molecule has 0 radical (unpaired) electrons. The fraction of sp³-hybridized carbons (Fsp3) is 0.455. The summed E-state index contributed by atoms with van der Waals surface area (Å²) >= 11 is 1.35. The number of alkyl halides is 1. The lowest BCUT2D eigenvalue weighted by Crippen LogP contribution is -2.46. The Kier molecular flexibility index (Phi) is 5.75. The van der Waals surface area contributed by atoms with Gasteiger partial charge in [-0.15, -0.1) is 10.2 Å². The van der Waals surface area contributed by atoms with Crippen LogP contribution in [0.5, 0.6) is 0 Å². The summed E-state index contributed by atoms with van der Waals surface area (Å²) in [6, 6.07) is 3.31. The number of fused-ring (bicyclic) bond motifs is 1. The maximum Gasteiger partial charge on any atom is 0.233 e. The third-order valence-corrected chi connectivity index (χ3v) is 7.01. The topological polar surface area (TPSA) is 114 Å². The molecule has 1 saturated carbocycles. The van der Waals surface area contributed by atoms with E-state index in [1.165, 1.54) is 11.3 Å². The second kappa shape index (κ2) is 8.71. The minimum absolute atomic E-state index is 0.0645. The monoisotopic (exact) mass is 470 g/mol. The molecule has 9 nitrogen and oxygen atoms in total. The minimum Gasteiger partial charge on any atom is -0.399 e. The zero-order chi connectivity index (χ0) is 23.1. The van der Waals surface area contributed by atoms with Gasteiger partial charge in [0.05, 0.1) is 24.0 Å². The zero-order valence-corrected chi connectivity index (χ0v) is 19.2. The summed E-state index contributed by atoms with van der Waals surface area (Å²) in [6.07, 6.45) is 3.31. The van der Waals surface area contributed by atoms with Crippen molar-refractivity contribution in [2.24, 2.45) is 5.92 Å². The molecule has 2 aliphatic rings. The lowest BCUT2D eigenvalue weighted by Gasteiger charge is -2.33. The van der Waals surface area contributed by atoms with Crippen LogP contribution in [0.25, 0.3) is 22.1 Å². The molecular weight excluding hydrogens is 443 g/mol. The average molecular weight is 471 g/mol. The number of likely N-dealkylation sites (tertiary alicyclic amines) is 1. The molecule has 5 rings (SSSR count). The van der Waals surface area contributed by atoms with Gasteiger partial charge in [0.2, 0.25) is 11.0 Å². The molecule has 0 unspecified atom stereocenters. The van der Waals surface area contributed by atoms with E-state index in [0.29, 0.717) is 46.5 Å². The van der Waals surface area contributed by atoms with Gasteiger partial charge in [-0.3, -0.25) is 4.79 Å². The van der Waals surface area contributed by atoms with Crippen LogP contribution in [-0.4, -0.2) is 63.1 Å². The van der Waals surface area contributed by atoms with E-state index in [0.717, 1.165) is 30.5 Å². The van der Waals surface area contributed by atoms with E-state index in [1.54, 1.807) is 16.8 Å². The van der Waals surface area contributed by atoms with Crippen molar-refractivity contribution in [3.05, 3.63) is 29.4 Å². The summed E-state index contributed by atoms with van der Waals surface area (Å²) < 4.78 is 16.3. The predicted molar refractivity (Wildman–Crippen MR) is 128 cm³/mol. The van der Waals surface area contributed by atoms with Gasteiger partial charge in [0.25, 0.3) is 0 Å². The average Bonchev–Trinajstić information content (AvgIpc) is 3.42. The number of benzene rings is 1. The van der Waals surface area contributed by atoms with Crippen molar-refractivity contribution in [3.63, 3.8) is 0 Å². The van der Waals surface area contributed by atoms with Crippen molar-refractivity contribution < 1.29 is 9.18 Å². The molecule has 174 valence electrons. The molecular formula is C22H27FN8OS. The first-order valence-electron chi connectivity index (χ1n) is 11.1. The molecule has 1 aliphatic carbocycles. The molecule has 2 aromatic heterocycles. The van der Waals surface area contributed by atoms with Crippen molar-refractivity contribution in [3.8, 4) is 5.13 Å². The van der Waals surface area contributed by atoms with Gasteiger partial charge < -0.3 is 21.3 Å². The summed E-state index contributed by atoms with van der Waals surface area (Å²) in [4.78, 5) is 13.9. The lowest BCUT2D eigenvalue weighted by atomic mass is 10.0. The van der Waals surface area contributed by atoms with Crippen LogP contribution >= 0.6 is 11.3 Å². The third kappa shape index (κ3) is 4.42. The van der Waals surface area contributed by atoms with Crippen molar-refractivity contribution in [2.45, 2.75) is 38.0 Å². The molecule has 11 heteroatoms. The van der Waals surface area contributed by atoms with E-state index >= 15 is 0 Å². The van der Waals surface area contributed by atoms with Gasteiger partial charge >= 0.3 is 0 Å². The Hall–Kier alpha value is -3.05. The number of anilines is 2. The van der Waals surface area contributed by atoms with Crippen LogP contribution in [0.2, 0.25) is 0 Å². The number of amides is 1. The van der Waals surface area contributed by atoms with E-state index in [4.69, 9.17) is 10.8 Å². The number of nitrogen functional groups attached to an aromatic ring is 1. The van der Waals surface area contributed by atoms with E-state index < -0.39 is 6.17 Å². The third-order valence-electron chi connectivity index (χ3n) is 6.11. The molecule has 3 aromatic rings. The normalized spacial score (nSPS) is 21.3. The first-order chi connectivity index (χ1) is 15.9. The van der Waals surface area contributed by atoms with Crippen LogP contribution in [0.15, 0.2) is 18.7 Å². The van der Waals surface area contributed by atoms with Gasteiger partial charge in [-0.05, 0) is 44.5 Å². The van der Waals surface area contributed by atoms with Crippen LogP contribution in [-0.2, 0) is 11.3 Å². The fourth-order valence-corrected chi connectivity index (χ4v) is 4.90. The second-order valence-corrected chi connectivity index (χ2v) is 9.79. The number of halogens is 1. The Balaban J connectivity index is 1.44. The maximum absolute atomic E-state index is 14.7. The molecule has 1 saturated heterocycles. The number of nitrogens with two attached hydrogens (primary N) is 1. The molecule has 0 bridgehead atoms. The number of hydrogen-bond donors (Lipinski definition) is 3. The van der Waals surface area contributed by atoms with Gasteiger partial charge in [-0.25, -0.2) is 9.07 Å². The highest BCUT2D eigenvalue weighted by Gasteiger charge is 2.30. The first kappa shape index (κ1) is 21.8. The minimum atomic E-state index is -0.988. The van der Waals surface area contributed by atoms with Crippen molar-refractivity contribution in [1.29, 1.82) is 0 Å². The molecule has 1 aliphatic heterocycles. The molecule has 1 amide bonds. The van der Waals surface area contributed by atoms with Crippen molar-refractivity contribution in [2.75, 3.05) is 31.2 Å². The summed E-state index contributed by atoms with van der Waals surface area (Å²) in [5, 5.41) is 21.5. The number of aromatic nitrogens is 4. The number of carbonyl (C=O) groups excluding carboxylic acids is 1. The number of hydrogen-bond acceptors (Lipinski definition) is 8. The molecule has 3 heterocycles. The summed E-state index contributed by atoms with van der Waals surface area (Å²) in [7, 11) is 1.92. The van der Waals surface area contributed by atoms with E-state index in [2.05, 4.69) is 27.4 Å². The second-order valence-electron chi connectivity index (χ2n) is 8.75. The van der Waals surface area contributed by atoms with Crippen LogP contribution in [0.1, 0.15) is 30.0 Å². The van der Waals surface area contributed by atoms with E-state index in [9.17, 15) is 9.18 Å². The standard InChI is InChI=1S/C22H27FN8OS/c1-3-18-14-8-13(24)9-17(26-16-6-7-30(2)11-15(16)23)20(14)29-31(18)22-28-27-19(33-22)10-25-21(32)12-4-5-12/h3,8-9,12,15-16,26H,1,4-7,10-11,24H2,2H3,(H,25,32)/t15-,16+/m0/s1. The lowest BCUT2D eigenvalue weighted by molar-refractivity contribution is -0.122. The SMILES string of the molecule is C=Cc1c2cc(N)cc(N[C@@H]3CCN(C)C[C@@H]3F)c2nn1-c1nnc(CNC(=O)C2CC2)s1. The Bertz CT molecular complexity index is 1200. The van der Waals surface area contributed by atoms with Gasteiger partial charge in [0.15, 0.2) is 0 Å². The molecule has 2 fully saturated rings. The number of piperidine rings is 1. The van der Waals surface area contributed by atoms with Crippen LogP contribution < -0.4 is 16.4 Å². The highest BCUT2D eigenvalue weighted by molar-refractivity contribution is 7.13. The molecule has 4 N–H and O–H groups in total. The number of nitrogens with one attached hydrogen (secondary N) is 2. The Morgan fingerprint density at radius 3 is 2.91 bits per heavy atom. The summed E-state index contributed by atoms with van der Waals surface area (Å²) in [5.41, 5.74) is 8.82. The maximum atomic E-state index is 14.7. The quantitative estimate of drug-likeness (QED) is 0.455. The highest BCUT2D eigenvalue weighted by atomic mass is 32.1. The Morgan fingerprint density at radius 1 is 1.36 bits per heavy atom. The van der Waals surface area contributed by atoms with Crippen LogP contribution in [0.4, 0.5) is 15.8 Å². The van der Waals surface area contributed by atoms with Gasteiger partial charge in [-0.1, -0.05) is 17.9 Å². The molecule has 2 atom stereocenters. The predicted octanol–water partition coefficient (Wildman–Crippen LogP) is 2.58. The van der Waals surface area contributed by atoms with Crippen molar-refractivity contribution in [1.82, 2.24) is 30.2 Å². The molecule has 33 heavy (non-hydrogen) atoms. The summed E-state index contributed by atoms with van der Waals surface area (Å²) in [6.45, 7) is 5.49. The Morgan fingerprint density at radius 2 is 2.18 bits per heavy atom. The highest BCUT2D eigenvalue weighted by Crippen LogP contribution is 2.33. The van der Waals surface area contributed by atoms with Crippen LogP contribution in [0, 0.1) is 5.92 Å². The first-order valence-corrected chi connectivity index (χ1v) is 11.9. The largest absolute Gasteiger partial charge is 0.399 e. The number of nitrogens with zero attached hydrogens (tertiary/aromatic N) is 5. The molecule has 0 spiro atoms. The number of rotatable bonds is 7. The molecule has 1 aromatic carbocycles. The summed E-state index contributed by atoms with van der Waals surface area (Å²) in [5.74, 6) is 0.209. The zero-order valence-electron chi connectivity index (χ0n) is 18.4. The van der Waals surface area contributed by atoms with Crippen LogP contribution in [0.3, 0.4) is 0 Å². The van der Waals surface area contributed by atoms with Gasteiger partial charge in [0.1, 0.15) is 16.7 Å². The van der Waals surface area contributed by atoms with Gasteiger partial charge in [0, 0.05) is 30.1 Å². The van der Waals surface area contributed by atoms with Gasteiger partial charge in [-0.2, -0.15) is 5.10 Å². The Labute approximate surface area is 194 Å². The fourth-order valence-electron chi connectivity index (χ4n) is 4.15. The smallest absolute Gasteiger partial charge is 0.233 e.